The van der Waals surface area contributed by atoms with E-state index >= 15 is 0 Å². The van der Waals surface area contributed by atoms with Crippen molar-refractivity contribution in [2.24, 2.45) is 5.73 Å². The summed E-state index contributed by atoms with van der Waals surface area (Å²) in [5.74, 6) is -0.971. The van der Waals surface area contributed by atoms with Crippen molar-refractivity contribution in [1.29, 1.82) is 0 Å². The van der Waals surface area contributed by atoms with E-state index in [2.05, 4.69) is 0 Å². The number of carbonyl (C=O) groups excluding carboxylic acids is 3. The maximum absolute atomic E-state index is 13.2. The van der Waals surface area contributed by atoms with Gasteiger partial charge in [0.05, 0.1) is 26.2 Å². The molecule has 1 aliphatic rings. The first-order valence-corrected chi connectivity index (χ1v) is 9.37. The molecule has 30 heavy (non-hydrogen) atoms. The molecule has 9 nitrogen and oxygen atoms in total. The minimum Gasteiger partial charge on any atom is -0.493 e. The molecule has 2 unspecified atom stereocenters. The summed E-state index contributed by atoms with van der Waals surface area (Å²) in [5, 5.41) is 9.07. The number of rotatable bonds is 8. The van der Waals surface area contributed by atoms with Gasteiger partial charge in [0.2, 0.25) is 11.8 Å². The number of nitrogens with one attached hydrogen (secondary N) is 1. The molecule has 0 spiro atoms. The molecule has 3 rings (SSSR count). The number of hydrogen-bond acceptors (Lipinski definition) is 6. The third kappa shape index (κ3) is 3.79. The normalized spacial score (nSPS) is 16.0. The Hall–Kier alpha value is -3.59. The van der Waals surface area contributed by atoms with E-state index in [1.165, 1.54) is 12.0 Å². The summed E-state index contributed by atoms with van der Waals surface area (Å²) >= 11 is 0. The standard InChI is InChI=1S/C21H23N3O6/c1-3-30-17-10-12(8-9-16(17)29-2)15(11-18(25)23-28)24-19(20(22)26)13-6-4-5-7-14(13)21(24)27/h4-10,15,19,28H,3,11H2,1-2H3,(H2,22,26)(H,23,25). The van der Waals surface area contributed by atoms with Crippen LogP contribution in [0.25, 0.3) is 0 Å². The Kier molecular flexibility index (Phi) is 6.22. The first-order valence-electron chi connectivity index (χ1n) is 9.37. The van der Waals surface area contributed by atoms with Gasteiger partial charge in [-0.1, -0.05) is 24.3 Å². The molecular formula is C21H23N3O6. The number of primary amides is 1. The fourth-order valence-corrected chi connectivity index (χ4v) is 3.72. The molecule has 158 valence electrons. The summed E-state index contributed by atoms with van der Waals surface area (Å²) in [4.78, 5) is 38.9. The third-order valence-electron chi connectivity index (χ3n) is 4.98. The molecule has 9 heteroatoms. The number of amides is 3. The van der Waals surface area contributed by atoms with Crippen LogP contribution in [0.15, 0.2) is 42.5 Å². The summed E-state index contributed by atoms with van der Waals surface area (Å²) in [7, 11) is 1.50. The quantitative estimate of drug-likeness (QED) is 0.446. The Morgan fingerprint density at radius 3 is 2.60 bits per heavy atom. The number of nitrogens with two attached hydrogens (primary N) is 1. The first kappa shape index (κ1) is 21.1. The van der Waals surface area contributed by atoms with Gasteiger partial charge in [-0.25, -0.2) is 5.48 Å². The Labute approximate surface area is 173 Å². The van der Waals surface area contributed by atoms with Crippen LogP contribution < -0.4 is 20.7 Å². The highest BCUT2D eigenvalue weighted by atomic mass is 16.5. The molecule has 2 aromatic carbocycles. The van der Waals surface area contributed by atoms with Gasteiger partial charge in [0.25, 0.3) is 5.91 Å². The van der Waals surface area contributed by atoms with Gasteiger partial charge in [0, 0.05) is 5.56 Å². The highest BCUT2D eigenvalue weighted by Crippen LogP contribution is 2.42. The van der Waals surface area contributed by atoms with Gasteiger partial charge in [-0.05, 0) is 36.2 Å². The first-order chi connectivity index (χ1) is 14.4. The summed E-state index contributed by atoms with van der Waals surface area (Å²) in [6.45, 7) is 2.19. The molecule has 2 aromatic rings. The molecular weight excluding hydrogens is 390 g/mol. The van der Waals surface area contributed by atoms with Gasteiger partial charge in [-0.15, -0.1) is 0 Å². The fraction of sp³-hybridized carbons (Fsp3) is 0.286. The van der Waals surface area contributed by atoms with Crippen LogP contribution in [-0.4, -0.2) is 41.5 Å². The van der Waals surface area contributed by atoms with E-state index in [9.17, 15) is 14.4 Å². The minimum absolute atomic E-state index is 0.294. The lowest BCUT2D eigenvalue weighted by Gasteiger charge is -2.32. The highest BCUT2D eigenvalue weighted by Gasteiger charge is 2.44. The number of hydroxylamine groups is 1. The Morgan fingerprint density at radius 2 is 1.97 bits per heavy atom. The van der Waals surface area contributed by atoms with Gasteiger partial charge < -0.3 is 20.1 Å². The summed E-state index contributed by atoms with van der Waals surface area (Å²) in [6, 6.07) is 9.69. The maximum Gasteiger partial charge on any atom is 0.255 e. The molecule has 0 aliphatic carbocycles. The molecule has 0 fully saturated rings. The van der Waals surface area contributed by atoms with Crippen molar-refractivity contribution in [3.63, 3.8) is 0 Å². The number of methoxy groups -OCH3 is 1. The van der Waals surface area contributed by atoms with Crippen molar-refractivity contribution < 1.29 is 29.1 Å². The second kappa shape index (κ2) is 8.83. The lowest BCUT2D eigenvalue weighted by molar-refractivity contribution is -0.131. The van der Waals surface area contributed by atoms with Gasteiger partial charge in [0.15, 0.2) is 11.5 Å². The molecule has 3 amide bonds. The number of benzene rings is 2. The van der Waals surface area contributed by atoms with E-state index < -0.39 is 29.8 Å². The van der Waals surface area contributed by atoms with Crippen molar-refractivity contribution in [3.8, 4) is 11.5 Å². The molecule has 0 saturated heterocycles. The molecule has 1 heterocycles. The number of ether oxygens (including phenoxy) is 2. The van der Waals surface area contributed by atoms with E-state index in [0.717, 1.165) is 0 Å². The zero-order valence-electron chi connectivity index (χ0n) is 16.6. The average molecular weight is 413 g/mol. The topological polar surface area (TPSA) is 131 Å². The van der Waals surface area contributed by atoms with E-state index in [0.29, 0.717) is 34.8 Å². The van der Waals surface area contributed by atoms with Gasteiger partial charge in [-0.3, -0.25) is 19.6 Å². The minimum atomic E-state index is -1.05. The number of hydrogen-bond donors (Lipinski definition) is 3. The lowest BCUT2D eigenvalue weighted by Crippen LogP contribution is -2.40. The van der Waals surface area contributed by atoms with Crippen molar-refractivity contribution in [3.05, 3.63) is 59.2 Å². The summed E-state index contributed by atoms with van der Waals surface area (Å²) in [6.07, 6.45) is -0.294. The van der Waals surface area contributed by atoms with Crippen LogP contribution in [0, 0.1) is 0 Å². The predicted molar refractivity (Wildman–Crippen MR) is 106 cm³/mol. The Balaban J connectivity index is 2.13. The van der Waals surface area contributed by atoms with E-state index in [1.54, 1.807) is 47.9 Å². The van der Waals surface area contributed by atoms with Crippen molar-refractivity contribution in [1.82, 2.24) is 10.4 Å². The smallest absolute Gasteiger partial charge is 0.255 e. The van der Waals surface area contributed by atoms with Crippen molar-refractivity contribution >= 4 is 17.7 Å². The van der Waals surface area contributed by atoms with Crippen LogP contribution in [0.1, 0.15) is 46.9 Å². The highest BCUT2D eigenvalue weighted by molar-refractivity contribution is 6.04. The van der Waals surface area contributed by atoms with E-state index in [4.69, 9.17) is 20.4 Å². The molecule has 0 bridgehead atoms. The molecule has 2 atom stereocenters. The van der Waals surface area contributed by atoms with Crippen LogP contribution >= 0.6 is 0 Å². The average Bonchev–Trinajstić information content (AvgIpc) is 3.04. The van der Waals surface area contributed by atoms with Crippen LogP contribution in [0.3, 0.4) is 0 Å². The zero-order valence-corrected chi connectivity index (χ0v) is 16.6. The second-order valence-electron chi connectivity index (χ2n) is 6.70. The molecule has 0 saturated carbocycles. The van der Waals surface area contributed by atoms with Crippen molar-refractivity contribution in [2.75, 3.05) is 13.7 Å². The van der Waals surface area contributed by atoms with Crippen LogP contribution in [0.2, 0.25) is 0 Å². The second-order valence-corrected chi connectivity index (χ2v) is 6.70. The van der Waals surface area contributed by atoms with Crippen LogP contribution in [0.4, 0.5) is 0 Å². The summed E-state index contributed by atoms with van der Waals surface area (Å²) in [5.41, 5.74) is 8.56. The third-order valence-corrected chi connectivity index (χ3v) is 4.98. The number of nitrogens with zero attached hydrogens (tertiary/aromatic N) is 1. The van der Waals surface area contributed by atoms with Crippen LogP contribution in [-0.2, 0) is 9.59 Å². The number of carbonyl (C=O) groups is 3. The fourth-order valence-electron chi connectivity index (χ4n) is 3.72. The largest absolute Gasteiger partial charge is 0.493 e. The monoisotopic (exact) mass is 413 g/mol. The van der Waals surface area contributed by atoms with Crippen molar-refractivity contribution in [2.45, 2.75) is 25.4 Å². The van der Waals surface area contributed by atoms with E-state index in [1.807, 2.05) is 6.92 Å². The Bertz CT molecular complexity index is 977. The molecule has 4 N–H and O–H groups in total. The summed E-state index contributed by atoms with van der Waals surface area (Å²) < 4.78 is 10.9. The lowest BCUT2D eigenvalue weighted by atomic mass is 9.98. The molecule has 0 aromatic heterocycles. The Morgan fingerprint density at radius 1 is 1.23 bits per heavy atom. The van der Waals surface area contributed by atoms with Crippen LogP contribution in [0.5, 0.6) is 11.5 Å². The SMILES string of the molecule is CCOc1cc(C(CC(=O)NO)N2C(=O)c3ccccc3C2C(N)=O)ccc1OC. The predicted octanol–water partition coefficient (Wildman–Crippen LogP) is 1.71. The van der Waals surface area contributed by atoms with E-state index in [-0.39, 0.29) is 6.42 Å². The number of fused-ring (bicyclic) bond motifs is 1. The molecule has 0 radical (unpaired) electrons. The van der Waals surface area contributed by atoms with Gasteiger partial charge in [-0.2, -0.15) is 0 Å². The van der Waals surface area contributed by atoms with Gasteiger partial charge in [0.1, 0.15) is 6.04 Å². The maximum atomic E-state index is 13.2. The van der Waals surface area contributed by atoms with Gasteiger partial charge >= 0.3 is 0 Å². The zero-order chi connectivity index (χ0) is 21.8. The molecule has 1 aliphatic heterocycles.